The van der Waals surface area contributed by atoms with Crippen LogP contribution in [0.1, 0.15) is 116 Å². The van der Waals surface area contributed by atoms with Crippen LogP contribution in [0.4, 0.5) is 0 Å². The first kappa shape index (κ1) is 51.0. The lowest BCUT2D eigenvalue weighted by Gasteiger charge is -2.64. The first-order valence-corrected chi connectivity index (χ1v) is 24.7. The van der Waals surface area contributed by atoms with Crippen molar-refractivity contribution in [2.24, 2.45) is 34.5 Å². The van der Waals surface area contributed by atoms with Gasteiger partial charge < -0.3 is 68.2 Å². The van der Waals surface area contributed by atoms with E-state index in [0.29, 0.717) is 24.8 Å². The minimum atomic E-state index is -1.58. The van der Waals surface area contributed by atoms with Crippen molar-refractivity contribution in [3.63, 3.8) is 0 Å². The summed E-state index contributed by atoms with van der Waals surface area (Å²) in [5.41, 5.74) is 0.146. The number of hydrogen-bond acceptors (Lipinski definition) is 16. The van der Waals surface area contributed by atoms with Crippen molar-refractivity contribution < 1.29 is 77.8 Å². The van der Waals surface area contributed by atoms with E-state index in [4.69, 9.17) is 42.6 Å². The van der Waals surface area contributed by atoms with Crippen molar-refractivity contribution in [1.82, 2.24) is 0 Å². The maximum Gasteiger partial charge on any atom is 0.302 e. The molecule has 4 aliphatic carbocycles. The van der Waals surface area contributed by atoms with Crippen molar-refractivity contribution in [2.75, 3.05) is 20.8 Å². The van der Waals surface area contributed by atoms with Crippen LogP contribution in [-0.2, 0) is 47.4 Å². The summed E-state index contributed by atoms with van der Waals surface area (Å²) in [6.45, 7) is 11.0. The average molecular weight is 945 g/mol. The molecule has 7 unspecified atom stereocenters. The number of fused-ring (bicyclic) bond motifs is 5. The Balaban J connectivity index is 0.913. The molecule has 3 saturated carbocycles. The minimum absolute atomic E-state index is 0.000550. The number of hydrogen-bond donors (Lipinski definition) is 5. The number of ether oxygens (including phenoxy) is 9. The smallest absolute Gasteiger partial charge is 0.302 e. The average Bonchev–Trinajstić information content (AvgIpc) is 3.59. The Labute approximate surface area is 394 Å². The highest BCUT2D eigenvalue weighted by atomic mass is 16.8. The Morgan fingerprint density at radius 2 is 1.46 bits per heavy atom. The van der Waals surface area contributed by atoms with Gasteiger partial charge >= 0.3 is 5.97 Å². The Kier molecular flexibility index (Phi) is 15.5. The van der Waals surface area contributed by atoms with Crippen LogP contribution in [0, 0.1) is 34.5 Å². The van der Waals surface area contributed by atoms with Crippen molar-refractivity contribution in [2.45, 2.75) is 203 Å². The van der Waals surface area contributed by atoms with E-state index in [1.165, 1.54) is 19.6 Å². The number of carbonyl (C=O) groups excluding carboxylic acids is 2. The Morgan fingerprint density at radius 3 is 2.09 bits per heavy atom. The summed E-state index contributed by atoms with van der Waals surface area (Å²) >= 11 is 0. The molecule has 5 N–H and O–H groups in total. The van der Waals surface area contributed by atoms with Crippen LogP contribution in [-0.4, -0.2) is 156 Å². The highest BCUT2D eigenvalue weighted by Gasteiger charge is 2.70. The first-order chi connectivity index (χ1) is 31.9. The topological polar surface area (TPSA) is 218 Å². The first-order valence-electron chi connectivity index (χ1n) is 24.7. The lowest BCUT2D eigenvalue weighted by molar-refractivity contribution is -0.353. The largest absolute Gasteiger partial charge is 0.463 e. The third-order valence-corrected chi connectivity index (χ3v) is 17.7. The Morgan fingerprint density at radius 1 is 0.821 bits per heavy atom. The van der Waals surface area contributed by atoms with Gasteiger partial charge in [-0.05, 0) is 88.9 Å². The zero-order valence-electron chi connectivity index (χ0n) is 40.4. The molecule has 0 bridgehead atoms. The maximum absolute atomic E-state index is 14.0. The molecule has 0 radical (unpaired) electrons. The normalized spacial score (nSPS) is 46.9. The second-order valence-electron chi connectivity index (χ2n) is 21.1. The van der Waals surface area contributed by atoms with Crippen LogP contribution in [0.25, 0.3) is 0 Å². The van der Waals surface area contributed by atoms with Crippen molar-refractivity contribution in [1.29, 1.82) is 0 Å². The highest BCUT2D eigenvalue weighted by Crippen LogP contribution is 2.71. The van der Waals surface area contributed by atoms with E-state index in [9.17, 15) is 35.1 Å². The third-order valence-electron chi connectivity index (χ3n) is 17.7. The van der Waals surface area contributed by atoms with Crippen molar-refractivity contribution in [3.8, 4) is 0 Å². The van der Waals surface area contributed by atoms with Gasteiger partial charge in [0.2, 0.25) is 0 Å². The zero-order chi connectivity index (χ0) is 48.2. The summed E-state index contributed by atoms with van der Waals surface area (Å²) in [7, 11) is 3.18. The van der Waals surface area contributed by atoms with E-state index < -0.39 is 91.4 Å². The molecule has 3 saturated heterocycles. The number of carbonyl (C=O) groups is 2. The van der Waals surface area contributed by atoms with Gasteiger partial charge in [0.05, 0.1) is 42.7 Å². The summed E-state index contributed by atoms with van der Waals surface area (Å²) in [4.78, 5) is 26.3. The minimum Gasteiger partial charge on any atom is -0.463 e. The SMILES string of the molecule is COC1C[C@H](O[C@H]2CC[C@@]3(C)C(=CCC4[C@@H]3C[C@@H](CC(=O)c3ccccc3)[C@]3(C)[C@@H]([C@@H](C)OC(C)=O)CC[C@]43O)C2)OC(C)[C@H]1O[C@H]1CC(OC)[C@H](O[C@H]2OC(CO)[C@@H](O)C(O)[C@@H]2O)C(C)O1. The number of methoxy groups -OCH3 is 2. The van der Waals surface area contributed by atoms with Crippen LogP contribution < -0.4 is 0 Å². The molecular formula is C51H76O16. The maximum atomic E-state index is 14.0. The molecule has 16 heteroatoms. The number of benzene rings is 1. The fourth-order valence-electron chi connectivity index (χ4n) is 14.0. The monoisotopic (exact) mass is 945 g/mol. The molecule has 1 aromatic carbocycles. The molecule has 3 aliphatic heterocycles. The van der Waals surface area contributed by atoms with Crippen molar-refractivity contribution in [3.05, 3.63) is 47.5 Å². The van der Waals surface area contributed by atoms with Gasteiger partial charge in [0.15, 0.2) is 24.7 Å². The molecule has 16 nitrogen and oxygen atoms in total. The number of aliphatic hydroxyl groups is 5. The summed E-state index contributed by atoms with van der Waals surface area (Å²) < 4.78 is 55.5. The standard InChI is InChI=1S/C51H76O16/c1-26(61-29(4)53)34-17-19-51(58)35-15-14-31-20-33(16-18-49(31,5)36(35)21-32(50(34,51)6)22-37(54)30-12-10-9-11-13-30)64-41-23-38(59-7)46(27(2)62-41)66-42-24-39(60-8)47(28(3)63-42)67-48-45(57)44(56)43(55)40(25-52)65-48/h9-14,26-28,32-36,38-48,52,55-58H,15-25H2,1-8H3/t26-,27?,28?,32+,33+,34-,35?,36+,38?,39?,40?,41+,42+,43-,44?,45+,46-,47-,48-,49+,50-,51+/m1/s1. The number of esters is 1. The fraction of sp³-hybridized carbons (Fsp3) is 0.804. The highest BCUT2D eigenvalue weighted by molar-refractivity contribution is 5.96. The van der Waals surface area contributed by atoms with Gasteiger partial charge in [0, 0.05) is 57.3 Å². The second-order valence-corrected chi connectivity index (χ2v) is 21.1. The van der Waals surface area contributed by atoms with Gasteiger partial charge in [-0.15, -0.1) is 0 Å². The van der Waals surface area contributed by atoms with Crippen LogP contribution in [0.2, 0.25) is 0 Å². The third kappa shape index (κ3) is 9.47. The van der Waals surface area contributed by atoms with E-state index in [1.807, 2.05) is 44.2 Å². The molecule has 1 aromatic rings. The molecule has 22 atom stereocenters. The lowest BCUT2D eigenvalue weighted by Crippen LogP contribution is -2.64. The Bertz CT molecular complexity index is 1900. The van der Waals surface area contributed by atoms with E-state index >= 15 is 0 Å². The molecule has 6 fully saturated rings. The molecule has 67 heavy (non-hydrogen) atoms. The van der Waals surface area contributed by atoms with Crippen LogP contribution in [0.5, 0.6) is 0 Å². The van der Waals surface area contributed by atoms with E-state index in [2.05, 4.69) is 19.9 Å². The molecule has 7 aliphatic rings. The molecule has 0 aromatic heterocycles. The van der Waals surface area contributed by atoms with Gasteiger partial charge in [-0.1, -0.05) is 55.8 Å². The van der Waals surface area contributed by atoms with Crippen LogP contribution in [0.3, 0.4) is 0 Å². The molecular weight excluding hydrogens is 869 g/mol. The Hall–Kier alpha value is -2.42. The van der Waals surface area contributed by atoms with Crippen LogP contribution in [0.15, 0.2) is 42.0 Å². The molecule has 0 spiro atoms. The molecule has 376 valence electrons. The number of ketones is 1. The van der Waals surface area contributed by atoms with Crippen molar-refractivity contribution >= 4 is 11.8 Å². The second kappa shape index (κ2) is 20.4. The summed E-state index contributed by atoms with van der Waals surface area (Å²) in [5.74, 6) is -0.309. The van der Waals surface area contributed by atoms with Gasteiger partial charge in [-0.25, -0.2) is 0 Å². The van der Waals surface area contributed by atoms with Gasteiger partial charge in [0.25, 0.3) is 0 Å². The summed E-state index contributed by atoms with van der Waals surface area (Å²) in [5, 5.41) is 54.0. The zero-order valence-corrected chi connectivity index (χ0v) is 40.4. The fourth-order valence-corrected chi connectivity index (χ4v) is 14.0. The lowest BCUT2D eigenvalue weighted by atomic mass is 9.42. The van der Waals surface area contributed by atoms with Gasteiger partial charge in [0.1, 0.15) is 42.7 Å². The van der Waals surface area contributed by atoms with E-state index in [0.717, 1.165) is 38.5 Å². The number of rotatable bonds is 14. The van der Waals surface area contributed by atoms with E-state index in [1.54, 1.807) is 14.0 Å². The molecule has 0 amide bonds. The summed E-state index contributed by atoms with van der Waals surface area (Å²) in [6, 6.07) is 9.43. The summed E-state index contributed by atoms with van der Waals surface area (Å²) in [6.07, 6.45) is -3.47. The quantitative estimate of drug-likeness (QED) is 0.0993. The molecule has 8 rings (SSSR count). The van der Waals surface area contributed by atoms with E-state index in [-0.39, 0.29) is 65.6 Å². The number of Topliss-reactive ketones (excluding diaryl/α,β-unsaturated/α-hetero) is 1. The van der Waals surface area contributed by atoms with Gasteiger partial charge in [-0.2, -0.15) is 0 Å². The van der Waals surface area contributed by atoms with Gasteiger partial charge in [-0.3, -0.25) is 9.59 Å². The predicted molar refractivity (Wildman–Crippen MR) is 240 cm³/mol. The molecule has 3 heterocycles. The predicted octanol–water partition coefficient (Wildman–Crippen LogP) is 4.39. The number of allylic oxidation sites excluding steroid dienone is 1. The number of aliphatic hydroxyl groups excluding tert-OH is 4. The van der Waals surface area contributed by atoms with Crippen LogP contribution >= 0.6 is 0 Å².